The lowest BCUT2D eigenvalue weighted by atomic mass is 9.97. The van der Waals surface area contributed by atoms with E-state index in [1.807, 2.05) is 0 Å². The summed E-state index contributed by atoms with van der Waals surface area (Å²) < 4.78 is 5.52. The van der Waals surface area contributed by atoms with Crippen molar-refractivity contribution < 1.29 is 4.74 Å². The van der Waals surface area contributed by atoms with Crippen LogP contribution in [0.15, 0.2) is 0 Å². The Bertz CT molecular complexity index is 157. The topological polar surface area (TPSA) is 24.5 Å². The summed E-state index contributed by atoms with van der Waals surface area (Å²) >= 11 is 0. The zero-order valence-electron chi connectivity index (χ0n) is 8.46. The molecule has 0 aromatic heterocycles. The van der Waals surface area contributed by atoms with Crippen molar-refractivity contribution in [3.05, 3.63) is 0 Å². The van der Waals surface area contributed by atoms with Crippen molar-refractivity contribution in [2.24, 2.45) is 0 Å². The Labute approximate surface area is 80.4 Å². The Morgan fingerprint density at radius 1 is 1.38 bits per heavy atom. The minimum Gasteiger partial charge on any atom is -0.378 e. The maximum absolute atomic E-state index is 5.52. The van der Waals surface area contributed by atoms with Gasteiger partial charge in [0.1, 0.15) is 0 Å². The average molecular weight is 184 g/mol. The van der Waals surface area contributed by atoms with Crippen LogP contribution in [0.1, 0.15) is 19.3 Å². The predicted octanol–water partition coefficient (Wildman–Crippen LogP) is 0.459. The fraction of sp³-hybridized carbons (Fsp3) is 1.00. The highest BCUT2D eigenvalue weighted by molar-refractivity contribution is 4.87. The largest absolute Gasteiger partial charge is 0.378 e. The summed E-state index contributed by atoms with van der Waals surface area (Å²) in [4.78, 5) is 2.44. The van der Waals surface area contributed by atoms with E-state index in [-0.39, 0.29) is 0 Å². The van der Waals surface area contributed by atoms with Crippen molar-refractivity contribution in [2.45, 2.75) is 31.3 Å². The highest BCUT2D eigenvalue weighted by Crippen LogP contribution is 2.16. The SMILES string of the molecule is CN1CCOCC1C1CCCCN1. The summed E-state index contributed by atoms with van der Waals surface area (Å²) in [6, 6.07) is 1.27. The third-order valence-corrected chi connectivity index (χ3v) is 3.26. The van der Waals surface area contributed by atoms with E-state index in [9.17, 15) is 0 Å². The maximum Gasteiger partial charge on any atom is 0.0637 e. The second-order valence-electron chi connectivity index (χ2n) is 4.18. The van der Waals surface area contributed by atoms with Crippen molar-refractivity contribution in [3.8, 4) is 0 Å². The highest BCUT2D eigenvalue weighted by atomic mass is 16.5. The number of piperidine rings is 1. The van der Waals surface area contributed by atoms with E-state index in [1.165, 1.54) is 25.8 Å². The van der Waals surface area contributed by atoms with Crippen LogP contribution >= 0.6 is 0 Å². The Balaban J connectivity index is 1.88. The summed E-state index contributed by atoms with van der Waals surface area (Å²) in [5.41, 5.74) is 0. The number of morpholine rings is 1. The van der Waals surface area contributed by atoms with E-state index in [0.717, 1.165) is 19.8 Å². The number of hydrogen-bond acceptors (Lipinski definition) is 3. The van der Waals surface area contributed by atoms with Gasteiger partial charge in [-0.05, 0) is 26.4 Å². The van der Waals surface area contributed by atoms with Crippen LogP contribution in [0.2, 0.25) is 0 Å². The van der Waals surface area contributed by atoms with Crippen LogP contribution in [0.4, 0.5) is 0 Å². The molecule has 3 heteroatoms. The van der Waals surface area contributed by atoms with Crippen LogP contribution in [0.5, 0.6) is 0 Å². The van der Waals surface area contributed by atoms with E-state index >= 15 is 0 Å². The molecule has 13 heavy (non-hydrogen) atoms. The molecule has 0 radical (unpaired) electrons. The molecule has 0 aliphatic carbocycles. The fourth-order valence-electron chi connectivity index (χ4n) is 2.34. The van der Waals surface area contributed by atoms with Gasteiger partial charge in [0.2, 0.25) is 0 Å². The summed E-state index contributed by atoms with van der Waals surface area (Å²) in [5, 5.41) is 3.60. The molecule has 0 amide bonds. The van der Waals surface area contributed by atoms with Crippen LogP contribution in [-0.4, -0.2) is 50.3 Å². The van der Waals surface area contributed by atoms with Gasteiger partial charge in [0.15, 0.2) is 0 Å². The first-order valence-corrected chi connectivity index (χ1v) is 5.39. The molecule has 0 bridgehead atoms. The van der Waals surface area contributed by atoms with Gasteiger partial charge in [-0.1, -0.05) is 6.42 Å². The number of likely N-dealkylation sites (N-methyl/N-ethyl adjacent to an activating group) is 1. The van der Waals surface area contributed by atoms with Gasteiger partial charge >= 0.3 is 0 Å². The first-order chi connectivity index (χ1) is 6.38. The zero-order chi connectivity index (χ0) is 9.10. The minimum absolute atomic E-state index is 0.606. The van der Waals surface area contributed by atoms with Crippen molar-refractivity contribution in [2.75, 3.05) is 33.4 Å². The molecule has 0 spiro atoms. The second-order valence-corrected chi connectivity index (χ2v) is 4.18. The van der Waals surface area contributed by atoms with Gasteiger partial charge in [-0.15, -0.1) is 0 Å². The van der Waals surface area contributed by atoms with E-state index in [4.69, 9.17) is 4.74 Å². The van der Waals surface area contributed by atoms with Crippen LogP contribution in [0.3, 0.4) is 0 Å². The van der Waals surface area contributed by atoms with Crippen molar-refractivity contribution >= 4 is 0 Å². The molecular weight excluding hydrogens is 164 g/mol. The molecule has 0 saturated carbocycles. The van der Waals surface area contributed by atoms with Crippen LogP contribution < -0.4 is 5.32 Å². The third-order valence-electron chi connectivity index (χ3n) is 3.26. The molecule has 0 aromatic carbocycles. The van der Waals surface area contributed by atoms with Crippen LogP contribution in [0.25, 0.3) is 0 Å². The molecule has 2 unspecified atom stereocenters. The van der Waals surface area contributed by atoms with Crippen LogP contribution in [-0.2, 0) is 4.74 Å². The quantitative estimate of drug-likeness (QED) is 0.641. The molecule has 2 aliphatic rings. The fourth-order valence-corrected chi connectivity index (χ4v) is 2.34. The standard InChI is InChI=1S/C10H20N2O/c1-12-6-7-13-8-10(12)9-4-2-3-5-11-9/h9-11H,2-8H2,1H3. The summed E-state index contributed by atoms with van der Waals surface area (Å²) in [7, 11) is 2.21. The Kier molecular flexibility index (Phi) is 3.19. The van der Waals surface area contributed by atoms with Gasteiger partial charge in [0.05, 0.1) is 13.2 Å². The number of nitrogens with zero attached hydrogens (tertiary/aromatic N) is 1. The average Bonchev–Trinajstić information content (AvgIpc) is 2.20. The van der Waals surface area contributed by atoms with E-state index in [0.29, 0.717) is 12.1 Å². The van der Waals surface area contributed by atoms with Crippen molar-refractivity contribution in [1.82, 2.24) is 10.2 Å². The lowest BCUT2D eigenvalue weighted by molar-refractivity contribution is -0.0120. The summed E-state index contributed by atoms with van der Waals surface area (Å²) in [6.45, 7) is 4.09. The number of rotatable bonds is 1. The monoisotopic (exact) mass is 184 g/mol. The number of hydrogen-bond donors (Lipinski definition) is 1. The lowest BCUT2D eigenvalue weighted by Gasteiger charge is -2.39. The highest BCUT2D eigenvalue weighted by Gasteiger charge is 2.28. The molecule has 1 N–H and O–H groups in total. The minimum atomic E-state index is 0.606. The third kappa shape index (κ3) is 2.22. The van der Waals surface area contributed by atoms with Crippen molar-refractivity contribution in [3.63, 3.8) is 0 Å². The first-order valence-electron chi connectivity index (χ1n) is 5.39. The maximum atomic E-state index is 5.52. The van der Waals surface area contributed by atoms with E-state index < -0.39 is 0 Å². The molecule has 2 fully saturated rings. The predicted molar refractivity (Wildman–Crippen MR) is 52.9 cm³/mol. The van der Waals surface area contributed by atoms with Gasteiger partial charge in [0, 0.05) is 18.6 Å². The molecule has 2 aliphatic heterocycles. The molecule has 2 saturated heterocycles. The number of ether oxygens (including phenoxy) is 1. The Morgan fingerprint density at radius 2 is 2.31 bits per heavy atom. The molecule has 2 rings (SSSR count). The molecule has 2 heterocycles. The lowest BCUT2D eigenvalue weighted by Crippen LogP contribution is -2.55. The van der Waals surface area contributed by atoms with Gasteiger partial charge < -0.3 is 10.1 Å². The van der Waals surface area contributed by atoms with Gasteiger partial charge in [-0.3, -0.25) is 4.90 Å². The van der Waals surface area contributed by atoms with E-state index in [1.54, 1.807) is 0 Å². The molecule has 2 atom stereocenters. The normalized spacial score (nSPS) is 37.6. The Hall–Kier alpha value is -0.120. The van der Waals surface area contributed by atoms with Crippen molar-refractivity contribution in [1.29, 1.82) is 0 Å². The van der Waals surface area contributed by atoms with E-state index in [2.05, 4.69) is 17.3 Å². The zero-order valence-corrected chi connectivity index (χ0v) is 8.46. The summed E-state index contributed by atoms with van der Waals surface area (Å²) in [5.74, 6) is 0. The first kappa shape index (κ1) is 9.44. The van der Waals surface area contributed by atoms with Gasteiger partial charge in [-0.25, -0.2) is 0 Å². The van der Waals surface area contributed by atoms with Gasteiger partial charge in [0.25, 0.3) is 0 Å². The molecular formula is C10H20N2O. The number of nitrogens with one attached hydrogen (secondary N) is 1. The molecule has 0 aromatic rings. The molecule has 3 nitrogen and oxygen atoms in total. The second kappa shape index (κ2) is 4.40. The molecule has 76 valence electrons. The van der Waals surface area contributed by atoms with Crippen LogP contribution in [0, 0.1) is 0 Å². The van der Waals surface area contributed by atoms with Gasteiger partial charge in [-0.2, -0.15) is 0 Å². The smallest absolute Gasteiger partial charge is 0.0637 e. The summed E-state index contributed by atoms with van der Waals surface area (Å²) in [6.07, 6.45) is 4.04. The Morgan fingerprint density at radius 3 is 3.00 bits per heavy atom.